The first-order valence-electron chi connectivity index (χ1n) is 23.4. The zero-order valence-corrected chi connectivity index (χ0v) is 35.6. The Morgan fingerprint density at radius 2 is 1.71 bits per heavy atom. The van der Waals surface area contributed by atoms with Crippen LogP contribution in [0.2, 0.25) is 0 Å². The fraction of sp³-hybridized carbons (Fsp3) is 0.551. The van der Waals surface area contributed by atoms with Gasteiger partial charge >= 0.3 is 0 Å². The number of rotatable bonds is 7. The van der Waals surface area contributed by atoms with Crippen LogP contribution in [-0.4, -0.2) is 93.4 Å². The molecule has 2 amide bonds. The van der Waals surface area contributed by atoms with Crippen molar-refractivity contribution in [3.63, 3.8) is 0 Å². The molecule has 0 spiro atoms. The van der Waals surface area contributed by atoms with Gasteiger partial charge in [0.15, 0.2) is 5.82 Å². The number of anilines is 3. The number of nitrogens with two attached hydrogens (primary N) is 1. The number of nitrogens with one attached hydrogen (secondary N) is 1. The van der Waals surface area contributed by atoms with E-state index in [0.29, 0.717) is 78.7 Å². The van der Waals surface area contributed by atoms with Crippen LogP contribution in [0, 0.1) is 17.8 Å². The molecule has 13 nitrogen and oxygen atoms in total. The number of likely N-dealkylation sites (tertiary alicyclic amines) is 1. The molecule has 0 radical (unpaired) electrons. The van der Waals surface area contributed by atoms with Gasteiger partial charge in [-0.1, -0.05) is 24.3 Å². The Hall–Kier alpha value is -5.30. The predicted octanol–water partition coefficient (Wildman–Crippen LogP) is 6.72. The number of phenolic OH excluding ortho intramolecular Hbond substituents is 1. The summed E-state index contributed by atoms with van der Waals surface area (Å²) in [5.41, 5.74) is 12.3. The maximum Gasteiger partial charge on any atom is 0.249 e. The molecule has 6 heterocycles. The standard InChI is InChI=1S/C49H59N9O4/c50-46-42(27-39(54-55-46)36-4-1-2-7-43(36)59)57-21-16-30-14-19-49(28-30,37-26-33(37)29-57)48-51-20-15-38(52-48)32-8-10-34(11-9-32)56-22-17-31(18-23-56)35-5-3-6-40-45(35)62-25-24-58(40)41-12-13-44(60)53-47(41)61/h1-7,15,20,27,30-34,37,41,59H,8-14,16-19,21-26,28-29H2,(H2,50,55)(H,53,60,61)/t30-,32?,33+,34?,37?,41?,49?/m1/s1. The SMILES string of the molecule is Nc1nnc(-c2ccccc2O)cc1N1CC[C@H]2CCC(c3nccc(C4CCC(N5CCC(c6cccc7c6OCCN7C6CCC(=O)NC6=O)CC5)CC4)n3)(C2)C2C[C@H]2C1. The average Bonchev–Trinajstić information content (AvgIpc) is 3.94. The highest BCUT2D eigenvalue weighted by Gasteiger charge is 2.58. The molecule has 6 fully saturated rings. The summed E-state index contributed by atoms with van der Waals surface area (Å²) >= 11 is 0. The quantitative estimate of drug-likeness (QED) is 0.169. The molecular weight excluding hydrogens is 779 g/mol. The number of carbonyl (C=O) groups is 2. The predicted molar refractivity (Wildman–Crippen MR) is 237 cm³/mol. The summed E-state index contributed by atoms with van der Waals surface area (Å²) in [5, 5.41) is 21.8. The number of amides is 2. The van der Waals surface area contributed by atoms with Gasteiger partial charge in [0.1, 0.15) is 30.0 Å². The monoisotopic (exact) mass is 837 g/mol. The van der Waals surface area contributed by atoms with Gasteiger partial charge in [0.25, 0.3) is 0 Å². The van der Waals surface area contributed by atoms with E-state index in [1.54, 1.807) is 6.07 Å². The highest BCUT2D eigenvalue weighted by molar-refractivity contribution is 6.02. The van der Waals surface area contributed by atoms with Gasteiger partial charge in [-0.15, -0.1) is 10.2 Å². The largest absolute Gasteiger partial charge is 0.507 e. The van der Waals surface area contributed by atoms with Crippen LogP contribution in [0.1, 0.15) is 112 Å². The Morgan fingerprint density at radius 1 is 0.855 bits per heavy atom. The number of benzene rings is 2. The fourth-order valence-electron chi connectivity index (χ4n) is 12.7. The second kappa shape index (κ2) is 16.1. The molecule has 3 saturated carbocycles. The zero-order valence-electron chi connectivity index (χ0n) is 35.6. The number of nitrogen functional groups attached to an aromatic ring is 1. The van der Waals surface area contributed by atoms with E-state index < -0.39 is 0 Å². The Morgan fingerprint density at radius 3 is 2.55 bits per heavy atom. The molecule has 4 aromatic rings. The number of aromatic hydroxyl groups is 1. The highest BCUT2D eigenvalue weighted by Crippen LogP contribution is 2.61. The minimum absolute atomic E-state index is 0.0399. The summed E-state index contributed by atoms with van der Waals surface area (Å²) in [6.07, 6.45) is 15.7. The van der Waals surface area contributed by atoms with Crippen LogP contribution in [-0.2, 0) is 15.0 Å². The smallest absolute Gasteiger partial charge is 0.249 e. The van der Waals surface area contributed by atoms with Crippen molar-refractivity contribution >= 4 is 29.0 Å². The van der Waals surface area contributed by atoms with Crippen LogP contribution in [0.15, 0.2) is 60.8 Å². The fourth-order valence-corrected chi connectivity index (χ4v) is 12.7. The lowest BCUT2D eigenvalue weighted by Crippen LogP contribution is -2.54. The first kappa shape index (κ1) is 39.5. The first-order chi connectivity index (χ1) is 30.3. The maximum atomic E-state index is 12.8. The molecule has 62 heavy (non-hydrogen) atoms. The topological polar surface area (TPSA) is 163 Å². The van der Waals surface area contributed by atoms with Gasteiger partial charge in [-0.3, -0.25) is 14.9 Å². The molecule has 13 heteroatoms. The number of fused-ring (bicyclic) bond motifs is 5. The van der Waals surface area contributed by atoms with Crippen LogP contribution < -0.4 is 25.6 Å². The number of carbonyl (C=O) groups excluding carboxylic acids is 2. The Balaban J connectivity index is 0.727. The molecule has 4 aliphatic heterocycles. The van der Waals surface area contributed by atoms with E-state index in [1.165, 1.54) is 43.4 Å². The van der Waals surface area contributed by atoms with Gasteiger partial charge in [-0.05, 0) is 150 Å². The van der Waals surface area contributed by atoms with E-state index in [2.05, 4.69) is 60.7 Å². The molecule has 2 bridgehead atoms. The number of ether oxygens (including phenoxy) is 1. The number of aromatic nitrogens is 4. The summed E-state index contributed by atoms with van der Waals surface area (Å²) < 4.78 is 6.33. The lowest BCUT2D eigenvalue weighted by Gasteiger charge is -2.42. The van der Waals surface area contributed by atoms with Crippen molar-refractivity contribution in [3.05, 3.63) is 77.9 Å². The molecule has 4 N–H and O–H groups in total. The number of nitrogens with zero attached hydrogens (tertiary/aromatic N) is 7. The minimum atomic E-state index is -0.333. The van der Waals surface area contributed by atoms with Gasteiger partial charge in [-0.2, -0.15) is 0 Å². The Kier molecular flexibility index (Phi) is 10.3. The van der Waals surface area contributed by atoms with E-state index >= 15 is 0 Å². The molecule has 2 aromatic carbocycles. The van der Waals surface area contributed by atoms with E-state index in [9.17, 15) is 14.7 Å². The van der Waals surface area contributed by atoms with Crippen LogP contribution >= 0.6 is 0 Å². The number of hydrogen-bond acceptors (Lipinski definition) is 12. The number of phenols is 1. The van der Waals surface area contributed by atoms with Crippen LogP contribution in [0.3, 0.4) is 0 Å². The molecule has 3 saturated heterocycles. The molecule has 11 rings (SSSR count). The summed E-state index contributed by atoms with van der Waals surface area (Å²) in [4.78, 5) is 42.6. The Labute approximate surface area is 363 Å². The highest BCUT2D eigenvalue weighted by atomic mass is 16.5. The normalized spacial score (nSPS) is 30.3. The van der Waals surface area contributed by atoms with E-state index in [0.717, 1.165) is 87.7 Å². The van der Waals surface area contributed by atoms with E-state index in [4.69, 9.17) is 20.4 Å². The summed E-state index contributed by atoms with van der Waals surface area (Å²) in [6.45, 7) is 5.23. The molecular formula is C49H59N9O4. The minimum Gasteiger partial charge on any atom is -0.507 e. The molecule has 324 valence electrons. The number of piperidine rings is 2. The van der Waals surface area contributed by atoms with Crippen molar-refractivity contribution in [1.82, 2.24) is 30.4 Å². The molecule has 2 aromatic heterocycles. The van der Waals surface area contributed by atoms with E-state index in [1.807, 2.05) is 24.3 Å². The van der Waals surface area contributed by atoms with E-state index in [-0.39, 0.29) is 29.0 Å². The maximum absolute atomic E-state index is 12.8. The van der Waals surface area contributed by atoms with Crippen molar-refractivity contribution in [2.75, 3.05) is 54.9 Å². The van der Waals surface area contributed by atoms with Crippen LogP contribution in [0.4, 0.5) is 17.2 Å². The first-order valence-corrected chi connectivity index (χ1v) is 23.4. The second-order valence-electron chi connectivity index (χ2n) is 19.4. The molecule has 5 atom stereocenters. The lowest BCUT2D eigenvalue weighted by molar-refractivity contribution is -0.134. The third-order valence-corrected chi connectivity index (χ3v) is 16.1. The third kappa shape index (κ3) is 7.23. The number of imide groups is 1. The zero-order chi connectivity index (χ0) is 42.0. The van der Waals surface area contributed by atoms with Crippen LogP contribution in [0.5, 0.6) is 11.5 Å². The molecule has 7 aliphatic rings. The van der Waals surface area contributed by atoms with Gasteiger partial charge in [-0.25, -0.2) is 9.97 Å². The van der Waals surface area contributed by atoms with Gasteiger partial charge in [0.2, 0.25) is 11.8 Å². The number of para-hydroxylation sites is 2. The summed E-state index contributed by atoms with van der Waals surface area (Å²) in [6, 6.07) is 18.2. The van der Waals surface area contributed by atoms with Crippen molar-refractivity contribution in [2.24, 2.45) is 17.8 Å². The van der Waals surface area contributed by atoms with Crippen molar-refractivity contribution < 1.29 is 19.4 Å². The van der Waals surface area contributed by atoms with Gasteiger partial charge in [0.05, 0.1) is 23.6 Å². The summed E-state index contributed by atoms with van der Waals surface area (Å²) in [5.74, 6) is 4.91. The summed E-state index contributed by atoms with van der Waals surface area (Å²) in [7, 11) is 0. The third-order valence-electron chi connectivity index (χ3n) is 16.1. The lowest BCUT2D eigenvalue weighted by atomic mass is 9.77. The van der Waals surface area contributed by atoms with Crippen LogP contribution in [0.25, 0.3) is 11.3 Å². The molecule has 3 unspecified atom stereocenters. The van der Waals surface area contributed by atoms with Crippen molar-refractivity contribution in [3.8, 4) is 22.8 Å². The molecule has 3 aliphatic carbocycles. The second-order valence-corrected chi connectivity index (χ2v) is 19.4. The van der Waals surface area contributed by atoms with Gasteiger partial charge in [0, 0.05) is 54.3 Å². The van der Waals surface area contributed by atoms with Crippen molar-refractivity contribution in [1.29, 1.82) is 0 Å². The van der Waals surface area contributed by atoms with Crippen molar-refractivity contribution in [2.45, 2.75) is 113 Å². The van der Waals surface area contributed by atoms with Gasteiger partial charge < -0.3 is 30.3 Å². The Bertz CT molecular complexity index is 2340. The number of hydrogen-bond donors (Lipinski definition) is 3. The average molecular weight is 838 g/mol.